The van der Waals surface area contributed by atoms with E-state index in [0.717, 1.165) is 13.1 Å². The molecule has 17 heavy (non-hydrogen) atoms. The lowest BCUT2D eigenvalue weighted by molar-refractivity contribution is -0.131. The van der Waals surface area contributed by atoms with Crippen molar-refractivity contribution in [3.63, 3.8) is 0 Å². The van der Waals surface area contributed by atoms with Gasteiger partial charge in [-0.25, -0.2) is 0 Å². The third kappa shape index (κ3) is 3.44. The van der Waals surface area contributed by atoms with Crippen LogP contribution in [-0.4, -0.2) is 48.4 Å². The molecule has 0 unspecified atom stereocenters. The van der Waals surface area contributed by atoms with Gasteiger partial charge >= 0.3 is 0 Å². The van der Waals surface area contributed by atoms with Gasteiger partial charge in [-0.15, -0.1) is 0 Å². The highest BCUT2D eigenvalue weighted by Gasteiger charge is 2.40. The summed E-state index contributed by atoms with van der Waals surface area (Å²) in [6.07, 6.45) is 3.76. The first kappa shape index (κ1) is 14.5. The van der Waals surface area contributed by atoms with Crippen LogP contribution in [0.5, 0.6) is 0 Å². The molecule has 3 nitrogen and oxygen atoms in total. The summed E-state index contributed by atoms with van der Waals surface area (Å²) < 4.78 is 0. The molecular weight excluding hydrogens is 212 g/mol. The zero-order valence-corrected chi connectivity index (χ0v) is 12.0. The van der Waals surface area contributed by atoms with Crippen molar-refractivity contribution in [3.05, 3.63) is 0 Å². The van der Waals surface area contributed by atoms with Crippen molar-refractivity contribution in [3.8, 4) is 0 Å². The Morgan fingerprint density at radius 3 is 2.06 bits per heavy atom. The summed E-state index contributed by atoms with van der Waals surface area (Å²) in [6, 6.07) is 0. The molecule has 2 saturated heterocycles. The third-order valence-electron chi connectivity index (χ3n) is 4.23. The Hall–Kier alpha value is -0.570. The van der Waals surface area contributed by atoms with E-state index in [2.05, 4.69) is 11.8 Å². The van der Waals surface area contributed by atoms with E-state index >= 15 is 0 Å². The van der Waals surface area contributed by atoms with Crippen molar-refractivity contribution in [1.29, 1.82) is 0 Å². The van der Waals surface area contributed by atoms with Crippen LogP contribution >= 0.6 is 0 Å². The maximum atomic E-state index is 11.2. The Balaban J connectivity index is 0.000000686. The van der Waals surface area contributed by atoms with Crippen LogP contribution in [0.1, 0.15) is 47.0 Å². The minimum absolute atomic E-state index is 0.246. The molecule has 0 aromatic heterocycles. The van der Waals surface area contributed by atoms with Crippen LogP contribution in [-0.2, 0) is 4.79 Å². The van der Waals surface area contributed by atoms with E-state index in [9.17, 15) is 4.79 Å². The Labute approximate surface area is 106 Å². The number of hydrogen-bond acceptors (Lipinski definition) is 2. The summed E-state index contributed by atoms with van der Waals surface area (Å²) in [4.78, 5) is 15.8. The van der Waals surface area contributed by atoms with Gasteiger partial charge in [0.05, 0.1) is 0 Å². The Morgan fingerprint density at radius 2 is 1.65 bits per heavy atom. The average Bonchev–Trinajstić information content (AvgIpc) is 2.76. The fraction of sp³-hybridized carbons (Fsp3) is 0.929. The highest BCUT2D eigenvalue weighted by atomic mass is 16.2. The van der Waals surface area contributed by atoms with Gasteiger partial charge in [-0.2, -0.15) is 0 Å². The highest BCUT2D eigenvalue weighted by Crippen LogP contribution is 2.40. The largest absolute Gasteiger partial charge is 0.343 e. The number of amides is 1. The van der Waals surface area contributed by atoms with Crippen LogP contribution in [0.4, 0.5) is 0 Å². The van der Waals surface area contributed by atoms with Gasteiger partial charge in [-0.3, -0.25) is 4.79 Å². The van der Waals surface area contributed by atoms with E-state index in [1.54, 1.807) is 6.92 Å². The molecule has 1 amide bonds. The van der Waals surface area contributed by atoms with Crippen LogP contribution in [0.25, 0.3) is 0 Å². The number of carbonyl (C=O) groups excluding carboxylic acids is 1. The monoisotopic (exact) mass is 240 g/mol. The molecule has 2 heterocycles. The highest BCUT2D eigenvalue weighted by molar-refractivity contribution is 5.73. The van der Waals surface area contributed by atoms with E-state index < -0.39 is 0 Å². The second-order valence-electron chi connectivity index (χ2n) is 5.12. The summed E-state index contributed by atoms with van der Waals surface area (Å²) in [5, 5.41) is 0. The van der Waals surface area contributed by atoms with Gasteiger partial charge in [0, 0.05) is 26.6 Å². The molecule has 2 fully saturated rings. The van der Waals surface area contributed by atoms with Gasteiger partial charge < -0.3 is 9.80 Å². The molecule has 0 aromatic carbocycles. The van der Waals surface area contributed by atoms with Crippen LogP contribution in [0.15, 0.2) is 0 Å². The lowest BCUT2D eigenvalue weighted by Crippen LogP contribution is -2.43. The molecule has 2 aliphatic rings. The molecule has 2 aliphatic heterocycles. The van der Waals surface area contributed by atoms with E-state index in [-0.39, 0.29) is 5.91 Å². The fourth-order valence-corrected chi connectivity index (χ4v) is 3.00. The second kappa shape index (κ2) is 6.39. The molecular formula is C14H28N2O. The molecule has 0 bridgehead atoms. The maximum absolute atomic E-state index is 11.2. The Kier molecular flexibility index (Phi) is 5.44. The Bertz CT molecular complexity index is 245. The second-order valence-corrected chi connectivity index (χ2v) is 5.12. The van der Waals surface area contributed by atoms with Crippen molar-refractivity contribution in [1.82, 2.24) is 9.80 Å². The van der Waals surface area contributed by atoms with Gasteiger partial charge in [0.15, 0.2) is 0 Å². The smallest absolute Gasteiger partial charge is 0.219 e. The molecule has 100 valence electrons. The molecule has 2 rings (SSSR count). The standard InChI is InChI=1S/C12H22N2O.C2H6/c1-3-13-7-4-12(10-13)5-8-14(9-6-12)11(2)15;1-2/h3-10H2,1-2H3;1-2H3. The number of piperidine rings is 1. The molecule has 0 aliphatic carbocycles. The van der Waals surface area contributed by atoms with Crippen molar-refractivity contribution < 1.29 is 4.79 Å². The van der Waals surface area contributed by atoms with Crippen molar-refractivity contribution in [2.24, 2.45) is 5.41 Å². The van der Waals surface area contributed by atoms with Crippen LogP contribution < -0.4 is 0 Å². The first-order valence-electron chi connectivity index (χ1n) is 7.13. The van der Waals surface area contributed by atoms with Gasteiger partial charge in [0.1, 0.15) is 0 Å². The molecule has 3 heteroatoms. The third-order valence-corrected chi connectivity index (χ3v) is 4.23. The first-order valence-corrected chi connectivity index (χ1v) is 7.13. The summed E-state index contributed by atoms with van der Waals surface area (Å²) in [5.74, 6) is 0.246. The van der Waals surface area contributed by atoms with E-state index in [1.165, 1.54) is 38.9 Å². The van der Waals surface area contributed by atoms with E-state index in [0.29, 0.717) is 5.41 Å². The average molecular weight is 240 g/mol. The molecule has 0 aromatic rings. The first-order chi connectivity index (χ1) is 8.15. The number of likely N-dealkylation sites (tertiary alicyclic amines) is 2. The van der Waals surface area contributed by atoms with Gasteiger partial charge in [0.25, 0.3) is 0 Å². The van der Waals surface area contributed by atoms with Crippen LogP contribution in [0.3, 0.4) is 0 Å². The topological polar surface area (TPSA) is 23.6 Å². The predicted molar refractivity (Wildman–Crippen MR) is 72.0 cm³/mol. The van der Waals surface area contributed by atoms with Gasteiger partial charge in [-0.1, -0.05) is 20.8 Å². The number of hydrogen-bond donors (Lipinski definition) is 0. The zero-order chi connectivity index (χ0) is 12.9. The van der Waals surface area contributed by atoms with Crippen molar-refractivity contribution >= 4 is 5.91 Å². The number of nitrogens with zero attached hydrogens (tertiary/aromatic N) is 2. The molecule has 0 saturated carbocycles. The molecule has 1 spiro atoms. The molecule has 0 atom stereocenters. The van der Waals surface area contributed by atoms with E-state index in [4.69, 9.17) is 0 Å². The number of rotatable bonds is 1. The van der Waals surface area contributed by atoms with Crippen LogP contribution in [0.2, 0.25) is 0 Å². The fourth-order valence-electron chi connectivity index (χ4n) is 3.00. The quantitative estimate of drug-likeness (QED) is 0.702. The van der Waals surface area contributed by atoms with Crippen LogP contribution in [0, 0.1) is 5.41 Å². The zero-order valence-electron chi connectivity index (χ0n) is 12.0. The summed E-state index contributed by atoms with van der Waals surface area (Å²) in [5.41, 5.74) is 0.544. The van der Waals surface area contributed by atoms with Crippen molar-refractivity contribution in [2.75, 3.05) is 32.7 Å². The lowest BCUT2D eigenvalue weighted by Gasteiger charge is -2.39. The minimum atomic E-state index is 0.246. The number of carbonyl (C=O) groups is 1. The van der Waals surface area contributed by atoms with Gasteiger partial charge in [0.2, 0.25) is 5.91 Å². The predicted octanol–water partition coefficient (Wildman–Crippen LogP) is 2.37. The maximum Gasteiger partial charge on any atom is 0.219 e. The van der Waals surface area contributed by atoms with Gasteiger partial charge in [-0.05, 0) is 37.8 Å². The summed E-state index contributed by atoms with van der Waals surface area (Å²) in [7, 11) is 0. The van der Waals surface area contributed by atoms with E-state index in [1.807, 2.05) is 18.7 Å². The molecule has 0 N–H and O–H groups in total. The lowest BCUT2D eigenvalue weighted by atomic mass is 9.78. The SMILES string of the molecule is CC.CCN1CCC2(CCN(C(C)=O)CC2)C1. The molecule has 0 radical (unpaired) electrons. The minimum Gasteiger partial charge on any atom is -0.343 e. The summed E-state index contributed by atoms with van der Waals surface area (Å²) >= 11 is 0. The van der Waals surface area contributed by atoms with Crippen molar-refractivity contribution in [2.45, 2.75) is 47.0 Å². The Morgan fingerprint density at radius 1 is 1.12 bits per heavy atom. The normalized spacial score (nSPS) is 23.4. The summed E-state index contributed by atoms with van der Waals surface area (Å²) in [6.45, 7) is 13.6.